The maximum absolute atomic E-state index is 9.33. The molecule has 68 valence electrons. The van der Waals surface area contributed by atoms with Crippen molar-refractivity contribution in [3.05, 3.63) is 12.2 Å². The van der Waals surface area contributed by atoms with Crippen LogP contribution in [0.25, 0.3) is 0 Å². The van der Waals surface area contributed by atoms with Crippen molar-refractivity contribution in [1.29, 1.82) is 0 Å². The Hall–Kier alpha value is -0.380. The van der Waals surface area contributed by atoms with Crippen molar-refractivity contribution < 1.29 is 14.6 Å². The van der Waals surface area contributed by atoms with Gasteiger partial charge >= 0.3 is 0 Å². The Morgan fingerprint density at radius 2 is 2.33 bits per heavy atom. The van der Waals surface area contributed by atoms with E-state index in [2.05, 4.69) is 6.58 Å². The normalized spacial score (nSPS) is 47.7. The molecule has 0 aromatic carbocycles. The van der Waals surface area contributed by atoms with E-state index < -0.39 is 6.29 Å². The van der Waals surface area contributed by atoms with E-state index in [1.54, 1.807) is 0 Å². The number of hydrogen-bond donors (Lipinski definition) is 1. The minimum absolute atomic E-state index is 0.0157. The molecule has 0 radical (unpaired) electrons. The van der Waals surface area contributed by atoms with Gasteiger partial charge in [-0.3, -0.25) is 0 Å². The van der Waals surface area contributed by atoms with Crippen LogP contribution in [-0.2, 0) is 9.47 Å². The van der Waals surface area contributed by atoms with Crippen LogP contribution in [0.2, 0.25) is 0 Å². The minimum atomic E-state index is -0.639. The SMILES string of the molecule is C=C1CO[C@H]2[C@@H]1CC(O)O[C@@H]2C. The molecule has 3 heteroatoms. The molecule has 3 nitrogen and oxygen atoms in total. The Labute approximate surface area is 72.0 Å². The molecule has 1 N–H and O–H groups in total. The van der Waals surface area contributed by atoms with Crippen molar-refractivity contribution in [3.63, 3.8) is 0 Å². The lowest BCUT2D eigenvalue weighted by molar-refractivity contribution is -0.203. The Morgan fingerprint density at radius 1 is 1.58 bits per heavy atom. The molecule has 2 fully saturated rings. The summed E-state index contributed by atoms with van der Waals surface area (Å²) in [6, 6.07) is 0. The lowest BCUT2D eigenvalue weighted by atomic mass is 9.89. The Kier molecular flexibility index (Phi) is 1.94. The first-order valence-corrected chi connectivity index (χ1v) is 4.31. The van der Waals surface area contributed by atoms with Crippen molar-refractivity contribution in [2.24, 2.45) is 5.92 Å². The van der Waals surface area contributed by atoms with Crippen LogP contribution in [-0.4, -0.2) is 30.2 Å². The van der Waals surface area contributed by atoms with Gasteiger partial charge in [0, 0.05) is 12.3 Å². The monoisotopic (exact) mass is 170 g/mol. The highest BCUT2D eigenvalue weighted by molar-refractivity contribution is 5.11. The van der Waals surface area contributed by atoms with Crippen molar-refractivity contribution in [2.45, 2.75) is 31.8 Å². The average molecular weight is 170 g/mol. The maximum Gasteiger partial charge on any atom is 0.155 e. The fraction of sp³-hybridized carbons (Fsp3) is 0.778. The smallest absolute Gasteiger partial charge is 0.155 e. The standard InChI is InChI=1S/C9H14O3/c1-5-4-11-9-6(2)12-8(10)3-7(5)9/h6-10H,1,3-4H2,2H3/t6-,7-,8?,9-/m1/s1. The number of ether oxygens (including phenoxy) is 2. The van der Waals surface area contributed by atoms with E-state index in [0.717, 1.165) is 5.57 Å². The van der Waals surface area contributed by atoms with Crippen LogP contribution in [0, 0.1) is 5.92 Å². The molecule has 0 bridgehead atoms. The number of rotatable bonds is 0. The van der Waals surface area contributed by atoms with Gasteiger partial charge in [0.15, 0.2) is 6.29 Å². The van der Waals surface area contributed by atoms with Gasteiger partial charge in [-0.25, -0.2) is 0 Å². The molecule has 4 atom stereocenters. The number of fused-ring (bicyclic) bond motifs is 1. The minimum Gasteiger partial charge on any atom is -0.371 e. The Morgan fingerprint density at radius 3 is 3.08 bits per heavy atom. The van der Waals surface area contributed by atoms with E-state index in [0.29, 0.717) is 18.9 Å². The van der Waals surface area contributed by atoms with Crippen molar-refractivity contribution in [1.82, 2.24) is 0 Å². The molecule has 2 rings (SSSR count). The second-order valence-corrected chi connectivity index (χ2v) is 3.57. The molecule has 0 aliphatic carbocycles. The molecular weight excluding hydrogens is 156 g/mol. The van der Waals surface area contributed by atoms with Crippen molar-refractivity contribution in [3.8, 4) is 0 Å². The molecule has 2 aliphatic rings. The van der Waals surface area contributed by atoms with Gasteiger partial charge < -0.3 is 14.6 Å². The van der Waals surface area contributed by atoms with Gasteiger partial charge in [-0.05, 0) is 12.5 Å². The van der Waals surface area contributed by atoms with Crippen LogP contribution in [0.4, 0.5) is 0 Å². The molecule has 0 aromatic rings. The van der Waals surface area contributed by atoms with E-state index in [4.69, 9.17) is 9.47 Å². The zero-order valence-corrected chi connectivity index (χ0v) is 7.19. The average Bonchev–Trinajstić information content (AvgIpc) is 2.33. The number of aliphatic hydroxyl groups excluding tert-OH is 1. The van der Waals surface area contributed by atoms with Crippen LogP contribution in [0.3, 0.4) is 0 Å². The zero-order valence-electron chi connectivity index (χ0n) is 7.19. The number of hydrogen-bond acceptors (Lipinski definition) is 3. The molecular formula is C9H14O3. The maximum atomic E-state index is 9.33. The highest BCUT2D eigenvalue weighted by Crippen LogP contribution is 2.36. The van der Waals surface area contributed by atoms with Gasteiger partial charge in [-0.1, -0.05) is 6.58 Å². The summed E-state index contributed by atoms with van der Waals surface area (Å²) in [5.41, 5.74) is 1.09. The summed E-state index contributed by atoms with van der Waals surface area (Å²) in [4.78, 5) is 0. The molecule has 0 saturated carbocycles. The summed E-state index contributed by atoms with van der Waals surface area (Å²) >= 11 is 0. The summed E-state index contributed by atoms with van der Waals surface area (Å²) in [7, 11) is 0. The third-order valence-corrected chi connectivity index (χ3v) is 2.67. The van der Waals surface area contributed by atoms with E-state index in [9.17, 15) is 5.11 Å². The first-order valence-electron chi connectivity index (χ1n) is 4.31. The first kappa shape index (κ1) is 8.23. The molecule has 0 amide bonds. The van der Waals surface area contributed by atoms with E-state index in [1.807, 2.05) is 6.92 Å². The summed E-state index contributed by atoms with van der Waals surface area (Å²) in [5.74, 6) is 0.295. The molecule has 1 unspecified atom stereocenters. The molecule has 2 saturated heterocycles. The fourth-order valence-corrected chi connectivity index (χ4v) is 2.02. The second-order valence-electron chi connectivity index (χ2n) is 3.57. The van der Waals surface area contributed by atoms with E-state index in [-0.39, 0.29) is 12.2 Å². The topological polar surface area (TPSA) is 38.7 Å². The highest BCUT2D eigenvalue weighted by atomic mass is 16.6. The van der Waals surface area contributed by atoms with Gasteiger partial charge in [0.1, 0.15) is 0 Å². The number of aliphatic hydroxyl groups is 1. The first-order chi connectivity index (χ1) is 5.68. The quantitative estimate of drug-likeness (QED) is 0.543. The van der Waals surface area contributed by atoms with Crippen LogP contribution in [0.1, 0.15) is 13.3 Å². The lowest BCUT2D eigenvalue weighted by Gasteiger charge is -2.33. The van der Waals surface area contributed by atoms with E-state index >= 15 is 0 Å². The van der Waals surface area contributed by atoms with Gasteiger partial charge in [-0.2, -0.15) is 0 Å². The molecule has 2 heterocycles. The van der Waals surface area contributed by atoms with Gasteiger partial charge in [0.05, 0.1) is 18.8 Å². The van der Waals surface area contributed by atoms with Gasteiger partial charge in [0.2, 0.25) is 0 Å². The van der Waals surface area contributed by atoms with Crippen LogP contribution in [0.5, 0.6) is 0 Å². The third-order valence-electron chi connectivity index (χ3n) is 2.67. The predicted molar refractivity (Wildman–Crippen MR) is 43.5 cm³/mol. The second kappa shape index (κ2) is 2.83. The van der Waals surface area contributed by atoms with Crippen LogP contribution >= 0.6 is 0 Å². The molecule has 2 aliphatic heterocycles. The molecule has 0 spiro atoms. The summed E-state index contributed by atoms with van der Waals surface area (Å²) in [6.45, 7) is 6.47. The van der Waals surface area contributed by atoms with Crippen LogP contribution in [0.15, 0.2) is 12.2 Å². The third kappa shape index (κ3) is 1.18. The highest BCUT2D eigenvalue weighted by Gasteiger charge is 2.41. The fourth-order valence-electron chi connectivity index (χ4n) is 2.02. The largest absolute Gasteiger partial charge is 0.371 e. The van der Waals surface area contributed by atoms with Gasteiger partial charge in [-0.15, -0.1) is 0 Å². The van der Waals surface area contributed by atoms with Crippen molar-refractivity contribution in [2.75, 3.05) is 6.61 Å². The van der Waals surface area contributed by atoms with E-state index in [1.165, 1.54) is 0 Å². The summed E-state index contributed by atoms with van der Waals surface area (Å²) in [5, 5.41) is 9.33. The lowest BCUT2D eigenvalue weighted by Crippen LogP contribution is -2.41. The molecule has 12 heavy (non-hydrogen) atoms. The Balaban J connectivity index is 2.14. The summed E-state index contributed by atoms with van der Waals surface area (Å²) < 4.78 is 10.7. The zero-order chi connectivity index (χ0) is 8.72. The van der Waals surface area contributed by atoms with Gasteiger partial charge in [0.25, 0.3) is 0 Å². The molecule has 0 aromatic heterocycles. The van der Waals surface area contributed by atoms with Crippen molar-refractivity contribution >= 4 is 0 Å². The summed E-state index contributed by atoms with van der Waals surface area (Å²) in [6.07, 6.45) is 0.0898. The predicted octanol–water partition coefficient (Wildman–Crippen LogP) is 0.685. The Bertz CT molecular complexity index is 202. The van der Waals surface area contributed by atoms with Crippen LogP contribution < -0.4 is 0 Å².